The summed E-state index contributed by atoms with van der Waals surface area (Å²) in [4.78, 5) is 15.5. The van der Waals surface area contributed by atoms with E-state index in [0.717, 1.165) is 42.7 Å². The second-order valence-electron chi connectivity index (χ2n) is 8.63. The highest BCUT2D eigenvalue weighted by Crippen LogP contribution is 2.37. The van der Waals surface area contributed by atoms with Gasteiger partial charge in [-0.1, -0.05) is 60.7 Å². The summed E-state index contributed by atoms with van der Waals surface area (Å²) in [5.41, 5.74) is 3.26. The number of thiocarbonyl (C=S) groups is 1. The van der Waals surface area contributed by atoms with Crippen molar-refractivity contribution in [2.75, 3.05) is 19.8 Å². The highest BCUT2D eigenvalue weighted by molar-refractivity contribution is 8.26. The molecule has 0 N–H and O–H groups in total. The van der Waals surface area contributed by atoms with Crippen LogP contribution < -0.4 is 4.74 Å². The van der Waals surface area contributed by atoms with Crippen LogP contribution in [-0.4, -0.2) is 50.8 Å². The van der Waals surface area contributed by atoms with Gasteiger partial charge < -0.3 is 9.47 Å². The molecule has 0 unspecified atom stereocenters. The zero-order chi connectivity index (χ0) is 25.1. The first-order valence-electron chi connectivity index (χ1n) is 12.0. The van der Waals surface area contributed by atoms with E-state index in [4.69, 9.17) is 38.4 Å². The molecule has 2 aliphatic heterocycles. The number of benzene rings is 2. The van der Waals surface area contributed by atoms with E-state index in [1.807, 2.05) is 72.4 Å². The molecule has 6 nitrogen and oxygen atoms in total. The van der Waals surface area contributed by atoms with Gasteiger partial charge in [0.05, 0.1) is 34.9 Å². The first-order valence-corrected chi connectivity index (χ1v) is 13.6. The molecule has 0 spiro atoms. The van der Waals surface area contributed by atoms with Crippen molar-refractivity contribution in [2.24, 2.45) is 0 Å². The molecular weight excluding hydrogens is 514 g/mol. The van der Waals surface area contributed by atoms with E-state index < -0.39 is 0 Å². The van der Waals surface area contributed by atoms with E-state index >= 15 is 0 Å². The standard InChI is InChI=1S/C27H26ClN3O3S2/c1-2-12-34-23-11-10-18(14-22(23)28)25-19(16-31(29-25)20-7-4-3-5-8-20)15-24-26(32)30(27(35)36-24)17-21-9-6-13-33-21/h3-5,7-8,10-11,14-16,21H,2,6,9,12-13,17H2,1H3/b24-15-/t21-/m1/s1. The molecule has 2 aliphatic rings. The van der Waals surface area contributed by atoms with Crippen LogP contribution in [0.1, 0.15) is 31.7 Å². The van der Waals surface area contributed by atoms with Gasteiger partial charge in [0.15, 0.2) is 0 Å². The van der Waals surface area contributed by atoms with Crippen molar-refractivity contribution < 1.29 is 14.3 Å². The molecule has 0 saturated carbocycles. The van der Waals surface area contributed by atoms with E-state index in [2.05, 4.69) is 0 Å². The minimum absolute atomic E-state index is 0.0406. The fourth-order valence-electron chi connectivity index (χ4n) is 4.20. The summed E-state index contributed by atoms with van der Waals surface area (Å²) in [6.07, 6.45) is 6.69. The van der Waals surface area contributed by atoms with E-state index in [1.54, 1.807) is 4.90 Å². The van der Waals surface area contributed by atoms with Gasteiger partial charge in [-0.3, -0.25) is 9.69 Å². The van der Waals surface area contributed by atoms with Gasteiger partial charge in [0.25, 0.3) is 5.91 Å². The number of aromatic nitrogens is 2. The fraction of sp³-hybridized carbons (Fsp3) is 0.296. The SMILES string of the molecule is CCCOc1ccc(-c2nn(-c3ccccc3)cc2/C=C2\SC(=S)N(C[C@H]3CCCO3)C2=O)cc1Cl. The van der Waals surface area contributed by atoms with Crippen LogP contribution in [0.5, 0.6) is 5.75 Å². The lowest BCUT2D eigenvalue weighted by molar-refractivity contribution is -0.123. The van der Waals surface area contributed by atoms with Crippen molar-refractivity contribution in [1.82, 2.24) is 14.7 Å². The maximum absolute atomic E-state index is 13.3. The van der Waals surface area contributed by atoms with E-state index in [1.165, 1.54) is 11.8 Å². The number of hydrogen-bond acceptors (Lipinski definition) is 6. The molecule has 1 amide bonds. The maximum Gasteiger partial charge on any atom is 0.266 e. The number of hydrogen-bond donors (Lipinski definition) is 0. The van der Waals surface area contributed by atoms with Gasteiger partial charge in [0.2, 0.25) is 0 Å². The number of rotatable bonds is 8. The number of amides is 1. The number of carbonyl (C=O) groups excluding carboxylic acids is 1. The van der Waals surface area contributed by atoms with Crippen LogP contribution in [0.3, 0.4) is 0 Å². The number of carbonyl (C=O) groups is 1. The van der Waals surface area contributed by atoms with Crippen molar-refractivity contribution in [1.29, 1.82) is 0 Å². The zero-order valence-electron chi connectivity index (χ0n) is 19.9. The van der Waals surface area contributed by atoms with Crippen molar-refractivity contribution in [2.45, 2.75) is 32.3 Å². The smallest absolute Gasteiger partial charge is 0.266 e. The normalized spacial score (nSPS) is 19.0. The van der Waals surface area contributed by atoms with Crippen molar-refractivity contribution in [3.05, 3.63) is 70.2 Å². The Morgan fingerprint density at radius 2 is 2.11 bits per heavy atom. The van der Waals surface area contributed by atoms with Gasteiger partial charge in [0, 0.05) is 23.9 Å². The van der Waals surface area contributed by atoms with Crippen LogP contribution >= 0.6 is 35.6 Å². The summed E-state index contributed by atoms with van der Waals surface area (Å²) >= 11 is 13.4. The Bertz CT molecular complexity index is 1300. The fourth-order valence-corrected chi connectivity index (χ4v) is 5.70. The topological polar surface area (TPSA) is 56.6 Å². The van der Waals surface area contributed by atoms with Gasteiger partial charge in [-0.25, -0.2) is 4.68 Å². The molecule has 0 bridgehead atoms. The number of nitrogens with zero attached hydrogens (tertiary/aromatic N) is 3. The number of halogens is 1. The molecule has 0 radical (unpaired) electrons. The Morgan fingerprint density at radius 1 is 1.28 bits per heavy atom. The third-order valence-corrected chi connectivity index (χ3v) is 7.67. The second-order valence-corrected chi connectivity index (χ2v) is 10.7. The number of para-hydroxylation sites is 1. The highest BCUT2D eigenvalue weighted by atomic mass is 35.5. The summed E-state index contributed by atoms with van der Waals surface area (Å²) in [5.74, 6) is 0.543. The molecule has 1 aromatic heterocycles. The summed E-state index contributed by atoms with van der Waals surface area (Å²) in [5, 5.41) is 5.38. The Balaban J connectivity index is 1.50. The molecule has 36 heavy (non-hydrogen) atoms. The average molecular weight is 540 g/mol. The largest absolute Gasteiger partial charge is 0.492 e. The van der Waals surface area contributed by atoms with Crippen LogP contribution in [0.15, 0.2) is 59.6 Å². The Labute approximate surface area is 225 Å². The molecule has 3 heterocycles. The second kappa shape index (κ2) is 11.2. The third-order valence-electron chi connectivity index (χ3n) is 6.00. The molecule has 2 fully saturated rings. The molecule has 2 aromatic carbocycles. The van der Waals surface area contributed by atoms with Gasteiger partial charge >= 0.3 is 0 Å². The van der Waals surface area contributed by atoms with Crippen LogP contribution in [0, 0.1) is 0 Å². The summed E-state index contributed by atoms with van der Waals surface area (Å²) in [7, 11) is 0. The Kier molecular flexibility index (Phi) is 7.76. The summed E-state index contributed by atoms with van der Waals surface area (Å²) in [6.45, 7) is 3.88. The molecule has 3 aromatic rings. The van der Waals surface area contributed by atoms with Gasteiger partial charge in [0.1, 0.15) is 15.8 Å². The minimum atomic E-state index is -0.0970. The predicted molar refractivity (Wildman–Crippen MR) is 149 cm³/mol. The lowest BCUT2D eigenvalue weighted by atomic mass is 10.1. The van der Waals surface area contributed by atoms with Gasteiger partial charge in [-0.2, -0.15) is 5.10 Å². The number of ether oxygens (including phenoxy) is 2. The lowest BCUT2D eigenvalue weighted by Gasteiger charge is -2.18. The minimum Gasteiger partial charge on any atom is -0.492 e. The monoisotopic (exact) mass is 539 g/mol. The first-order chi connectivity index (χ1) is 17.5. The quantitative estimate of drug-likeness (QED) is 0.245. The van der Waals surface area contributed by atoms with Crippen LogP contribution in [0.25, 0.3) is 23.0 Å². The highest BCUT2D eigenvalue weighted by Gasteiger charge is 2.35. The molecule has 0 aliphatic carbocycles. The first kappa shape index (κ1) is 25.0. The molecule has 5 rings (SSSR count). The summed E-state index contributed by atoms with van der Waals surface area (Å²) in [6, 6.07) is 15.5. The average Bonchev–Trinajstić information content (AvgIpc) is 3.61. The zero-order valence-corrected chi connectivity index (χ0v) is 22.2. The molecule has 2 saturated heterocycles. The van der Waals surface area contributed by atoms with Gasteiger partial charge in [-0.05, 0) is 55.7 Å². The van der Waals surface area contributed by atoms with E-state index in [9.17, 15) is 4.79 Å². The van der Waals surface area contributed by atoms with Crippen molar-refractivity contribution in [3.8, 4) is 22.7 Å². The van der Waals surface area contributed by atoms with Crippen LogP contribution in [0.2, 0.25) is 5.02 Å². The third kappa shape index (κ3) is 5.37. The van der Waals surface area contributed by atoms with E-state index in [-0.39, 0.29) is 12.0 Å². The van der Waals surface area contributed by atoms with Crippen LogP contribution in [-0.2, 0) is 9.53 Å². The molecule has 9 heteroatoms. The molecular formula is C27H26ClN3O3S2. The Hall–Kier alpha value is -2.65. The predicted octanol–water partition coefficient (Wildman–Crippen LogP) is 6.36. The number of thioether (sulfide) groups is 1. The maximum atomic E-state index is 13.3. The molecule has 186 valence electrons. The van der Waals surface area contributed by atoms with Gasteiger partial charge in [-0.15, -0.1) is 0 Å². The van der Waals surface area contributed by atoms with Crippen molar-refractivity contribution in [3.63, 3.8) is 0 Å². The van der Waals surface area contributed by atoms with Crippen molar-refractivity contribution >= 4 is 51.9 Å². The lowest BCUT2D eigenvalue weighted by Crippen LogP contribution is -2.35. The molecule has 1 atom stereocenters. The van der Waals surface area contributed by atoms with Crippen LogP contribution in [0.4, 0.5) is 0 Å². The van der Waals surface area contributed by atoms with E-state index in [0.29, 0.717) is 38.8 Å². The summed E-state index contributed by atoms with van der Waals surface area (Å²) < 4.78 is 13.8. The Morgan fingerprint density at radius 3 is 2.83 bits per heavy atom.